The predicted octanol–water partition coefficient (Wildman–Crippen LogP) is 1.36. The number of rotatable bonds is 2. The maximum atomic E-state index is 5.38. The standard InChI is InChI=1S/C10H15N3O/c1-8-6-9(12-11-7-8)13-5-3-4-10(13)14-2/h6-7,10H,3-5H2,1-2H3/t10-/m0/s1. The Morgan fingerprint density at radius 1 is 1.57 bits per heavy atom. The van der Waals surface area contributed by atoms with Crippen LogP contribution in [0.2, 0.25) is 0 Å². The predicted molar refractivity (Wildman–Crippen MR) is 54.1 cm³/mol. The number of hydrogen-bond acceptors (Lipinski definition) is 4. The van der Waals surface area contributed by atoms with Crippen LogP contribution in [0.15, 0.2) is 12.3 Å². The molecule has 0 unspecified atom stereocenters. The largest absolute Gasteiger partial charge is 0.362 e. The lowest BCUT2D eigenvalue weighted by atomic mass is 10.3. The molecule has 0 radical (unpaired) electrons. The van der Waals surface area contributed by atoms with Crippen molar-refractivity contribution in [2.75, 3.05) is 18.6 Å². The van der Waals surface area contributed by atoms with Crippen molar-refractivity contribution in [2.45, 2.75) is 26.0 Å². The summed E-state index contributed by atoms with van der Waals surface area (Å²) in [5, 5.41) is 8.07. The van der Waals surface area contributed by atoms with E-state index in [1.54, 1.807) is 13.3 Å². The first-order chi connectivity index (χ1) is 6.81. The molecule has 1 aliphatic heterocycles. The Labute approximate surface area is 83.9 Å². The summed E-state index contributed by atoms with van der Waals surface area (Å²) in [4.78, 5) is 2.17. The topological polar surface area (TPSA) is 38.2 Å². The van der Waals surface area contributed by atoms with Crippen LogP contribution in [-0.2, 0) is 4.74 Å². The van der Waals surface area contributed by atoms with E-state index in [4.69, 9.17) is 4.74 Å². The highest BCUT2D eigenvalue weighted by Gasteiger charge is 2.25. The Morgan fingerprint density at radius 3 is 3.14 bits per heavy atom. The lowest BCUT2D eigenvalue weighted by Crippen LogP contribution is -2.31. The molecule has 0 aliphatic carbocycles. The highest BCUT2D eigenvalue weighted by atomic mass is 16.5. The van der Waals surface area contributed by atoms with Crippen LogP contribution in [0.25, 0.3) is 0 Å². The van der Waals surface area contributed by atoms with Crippen LogP contribution >= 0.6 is 0 Å². The van der Waals surface area contributed by atoms with Gasteiger partial charge in [0.25, 0.3) is 0 Å². The summed E-state index contributed by atoms with van der Waals surface area (Å²) in [7, 11) is 1.74. The zero-order valence-electron chi connectivity index (χ0n) is 8.60. The minimum atomic E-state index is 0.172. The Kier molecular flexibility index (Phi) is 2.63. The number of aromatic nitrogens is 2. The van der Waals surface area contributed by atoms with Gasteiger partial charge < -0.3 is 9.64 Å². The van der Waals surface area contributed by atoms with Crippen molar-refractivity contribution in [1.82, 2.24) is 10.2 Å². The first-order valence-corrected chi connectivity index (χ1v) is 4.90. The second-order valence-corrected chi connectivity index (χ2v) is 3.62. The summed E-state index contributed by atoms with van der Waals surface area (Å²) in [6.07, 6.45) is 4.17. The van der Waals surface area contributed by atoms with Gasteiger partial charge in [-0.2, -0.15) is 5.10 Å². The Hall–Kier alpha value is -1.16. The number of anilines is 1. The normalized spacial score (nSPS) is 21.6. The molecule has 1 fully saturated rings. The quantitative estimate of drug-likeness (QED) is 0.710. The van der Waals surface area contributed by atoms with Crippen LogP contribution in [0.1, 0.15) is 18.4 Å². The Morgan fingerprint density at radius 2 is 2.43 bits per heavy atom. The van der Waals surface area contributed by atoms with Crippen LogP contribution in [0.3, 0.4) is 0 Å². The monoisotopic (exact) mass is 193 g/mol. The number of ether oxygens (including phenoxy) is 1. The molecule has 1 saturated heterocycles. The first kappa shape index (κ1) is 9.40. The molecule has 2 heterocycles. The minimum absolute atomic E-state index is 0.172. The third kappa shape index (κ3) is 1.70. The summed E-state index contributed by atoms with van der Waals surface area (Å²) in [5.41, 5.74) is 1.14. The molecule has 4 heteroatoms. The zero-order valence-corrected chi connectivity index (χ0v) is 8.60. The van der Waals surface area contributed by atoms with Crippen LogP contribution in [0.5, 0.6) is 0 Å². The lowest BCUT2D eigenvalue weighted by molar-refractivity contribution is 0.111. The minimum Gasteiger partial charge on any atom is -0.362 e. The van der Waals surface area contributed by atoms with E-state index in [2.05, 4.69) is 15.1 Å². The van der Waals surface area contributed by atoms with Crippen molar-refractivity contribution in [3.8, 4) is 0 Å². The summed E-state index contributed by atoms with van der Waals surface area (Å²) >= 11 is 0. The fraction of sp³-hybridized carbons (Fsp3) is 0.600. The van der Waals surface area contributed by atoms with Gasteiger partial charge in [-0.05, 0) is 31.4 Å². The van der Waals surface area contributed by atoms with Gasteiger partial charge in [-0.1, -0.05) is 0 Å². The maximum absolute atomic E-state index is 5.38. The van der Waals surface area contributed by atoms with Gasteiger partial charge in [0.05, 0.1) is 6.20 Å². The van der Waals surface area contributed by atoms with Crippen LogP contribution < -0.4 is 4.90 Å². The molecule has 1 aromatic rings. The molecule has 4 nitrogen and oxygen atoms in total. The number of methoxy groups -OCH3 is 1. The SMILES string of the molecule is CO[C@H]1CCCN1c1cc(C)cnn1. The van der Waals surface area contributed by atoms with E-state index in [-0.39, 0.29) is 6.23 Å². The Balaban J connectivity index is 2.21. The van der Waals surface area contributed by atoms with Crippen molar-refractivity contribution >= 4 is 5.82 Å². The van der Waals surface area contributed by atoms with E-state index < -0.39 is 0 Å². The zero-order chi connectivity index (χ0) is 9.97. The second-order valence-electron chi connectivity index (χ2n) is 3.62. The van der Waals surface area contributed by atoms with Gasteiger partial charge in [0, 0.05) is 13.7 Å². The Bertz CT molecular complexity index is 316. The van der Waals surface area contributed by atoms with Crippen LogP contribution in [0.4, 0.5) is 5.82 Å². The molecule has 0 saturated carbocycles. The molecule has 0 bridgehead atoms. The summed E-state index contributed by atoms with van der Waals surface area (Å²) in [6.45, 7) is 3.03. The van der Waals surface area contributed by atoms with Crippen molar-refractivity contribution < 1.29 is 4.74 Å². The van der Waals surface area contributed by atoms with Gasteiger partial charge in [-0.25, -0.2) is 0 Å². The van der Waals surface area contributed by atoms with E-state index in [0.29, 0.717) is 0 Å². The van der Waals surface area contributed by atoms with Gasteiger partial charge in [-0.3, -0.25) is 0 Å². The summed E-state index contributed by atoms with van der Waals surface area (Å²) in [6, 6.07) is 2.05. The average molecular weight is 193 g/mol. The molecule has 0 aromatic carbocycles. The summed E-state index contributed by atoms with van der Waals surface area (Å²) < 4.78 is 5.38. The van der Waals surface area contributed by atoms with Gasteiger partial charge in [0.1, 0.15) is 6.23 Å². The highest BCUT2D eigenvalue weighted by Crippen LogP contribution is 2.23. The second kappa shape index (κ2) is 3.92. The molecule has 76 valence electrons. The van der Waals surface area contributed by atoms with E-state index in [9.17, 15) is 0 Å². The molecule has 1 aromatic heterocycles. The molecule has 2 rings (SSSR count). The van der Waals surface area contributed by atoms with Crippen molar-refractivity contribution in [3.05, 3.63) is 17.8 Å². The molecule has 1 aliphatic rings. The molecular formula is C10H15N3O. The average Bonchev–Trinajstić information content (AvgIpc) is 2.65. The lowest BCUT2D eigenvalue weighted by Gasteiger charge is -2.23. The van der Waals surface area contributed by atoms with E-state index in [1.807, 2.05) is 13.0 Å². The highest BCUT2D eigenvalue weighted by molar-refractivity contribution is 5.40. The van der Waals surface area contributed by atoms with Crippen LogP contribution in [0, 0.1) is 6.92 Å². The first-order valence-electron chi connectivity index (χ1n) is 4.90. The van der Waals surface area contributed by atoms with Crippen molar-refractivity contribution in [1.29, 1.82) is 0 Å². The molecule has 0 amide bonds. The molecule has 14 heavy (non-hydrogen) atoms. The number of nitrogens with zero attached hydrogens (tertiary/aromatic N) is 3. The van der Waals surface area contributed by atoms with Gasteiger partial charge in [-0.15, -0.1) is 5.10 Å². The van der Waals surface area contributed by atoms with Gasteiger partial charge in [0.15, 0.2) is 5.82 Å². The third-order valence-corrected chi connectivity index (χ3v) is 2.54. The van der Waals surface area contributed by atoms with E-state index in [0.717, 1.165) is 30.8 Å². The fourth-order valence-electron chi connectivity index (χ4n) is 1.83. The van der Waals surface area contributed by atoms with Gasteiger partial charge >= 0.3 is 0 Å². The molecule has 1 atom stereocenters. The maximum Gasteiger partial charge on any atom is 0.153 e. The van der Waals surface area contributed by atoms with E-state index in [1.165, 1.54) is 0 Å². The molecular weight excluding hydrogens is 178 g/mol. The van der Waals surface area contributed by atoms with Crippen molar-refractivity contribution in [3.63, 3.8) is 0 Å². The fourth-order valence-corrected chi connectivity index (χ4v) is 1.83. The smallest absolute Gasteiger partial charge is 0.153 e. The third-order valence-electron chi connectivity index (χ3n) is 2.54. The van der Waals surface area contributed by atoms with Gasteiger partial charge in [0.2, 0.25) is 0 Å². The van der Waals surface area contributed by atoms with Crippen LogP contribution in [-0.4, -0.2) is 30.1 Å². The summed E-state index contributed by atoms with van der Waals surface area (Å²) in [5.74, 6) is 0.925. The van der Waals surface area contributed by atoms with E-state index >= 15 is 0 Å². The molecule has 0 spiro atoms. The number of aryl methyl sites for hydroxylation is 1. The van der Waals surface area contributed by atoms with Crippen molar-refractivity contribution in [2.24, 2.45) is 0 Å². The number of hydrogen-bond donors (Lipinski definition) is 0. The molecule has 0 N–H and O–H groups in total.